The smallest absolute Gasteiger partial charge is 0.225 e. The summed E-state index contributed by atoms with van der Waals surface area (Å²) in [5.41, 5.74) is 1.00. The molecule has 8 nitrogen and oxygen atoms in total. The van der Waals surface area contributed by atoms with Crippen LogP contribution in [0.25, 0.3) is 22.6 Å². The number of hydrogen-bond acceptors (Lipinski definition) is 7. The molecule has 2 N–H and O–H groups in total. The molecule has 0 aliphatic carbocycles. The van der Waals surface area contributed by atoms with Crippen molar-refractivity contribution in [2.75, 3.05) is 6.61 Å². The van der Waals surface area contributed by atoms with Crippen LogP contribution in [-0.4, -0.2) is 54.7 Å². The van der Waals surface area contributed by atoms with Crippen LogP contribution in [0.2, 0.25) is 5.28 Å². The van der Waals surface area contributed by atoms with Gasteiger partial charge >= 0.3 is 0 Å². The Labute approximate surface area is 139 Å². The summed E-state index contributed by atoms with van der Waals surface area (Å²) in [4.78, 5) is 12.4. The van der Waals surface area contributed by atoms with E-state index in [1.807, 2.05) is 0 Å². The van der Waals surface area contributed by atoms with Gasteiger partial charge in [-0.05, 0) is 23.7 Å². The largest absolute Gasteiger partial charge is 0.463 e. The predicted octanol–water partition coefficient (Wildman–Crippen LogP) is 1.33. The molecular weight excluding hydrogens is 343 g/mol. The average Bonchev–Trinajstić information content (AvgIpc) is 3.28. The van der Waals surface area contributed by atoms with E-state index in [0.29, 0.717) is 17.0 Å². The van der Waals surface area contributed by atoms with Gasteiger partial charge in [0.2, 0.25) is 5.28 Å². The molecule has 4 atom stereocenters. The molecule has 0 bridgehead atoms. The minimum Gasteiger partial charge on any atom is -0.463 e. The number of aliphatic hydroxyl groups is 2. The third-order valence-corrected chi connectivity index (χ3v) is 4.06. The first kappa shape index (κ1) is 15.5. The van der Waals surface area contributed by atoms with Gasteiger partial charge in [0.15, 0.2) is 23.8 Å². The van der Waals surface area contributed by atoms with E-state index in [-0.39, 0.29) is 10.9 Å². The van der Waals surface area contributed by atoms with Crippen LogP contribution >= 0.6 is 11.6 Å². The Balaban J connectivity index is 1.84. The summed E-state index contributed by atoms with van der Waals surface area (Å²) in [5.74, 6) is 0.444. The highest BCUT2D eigenvalue weighted by Gasteiger charge is 2.45. The fraction of sp³-hybridized carbons (Fsp3) is 0.357. The van der Waals surface area contributed by atoms with Crippen LogP contribution in [-0.2, 0) is 4.74 Å². The number of halogens is 2. The summed E-state index contributed by atoms with van der Waals surface area (Å²) in [5, 5.41) is 19.1. The molecule has 4 heterocycles. The molecule has 1 aliphatic heterocycles. The summed E-state index contributed by atoms with van der Waals surface area (Å²) in [6, 6.07) is 3.38. The van der Waals surface area contributed by atoms with E-state index >= 15 is 0 Å². The standard InChI is InChI=1S/C14H12ClFN4O4/c15-14-18-9(6-2-1-3-23-6)10-12(19-14)20(5-17-10)13-11(22)8(16)7(4-21)24-13/h1-3,5,7-8,11,13,21-22H,4H2/t7-,8?,11+,13-/m1/s1. The van der Waals surface area contributed by atoms with Gasteiger partial charge in [-0.2, -0.15) is 4.98 Å². The van der Waals surface area contributed by atoms with Crippen LogP contribution in [0.15, 0.2) is 29.1 Å². The lowest BCUT2D eigenvalue weighted by Gasteiger charge is -2.16. The zero-order chi connectivity index (χ0) is 16.8. The van der Waals surface area contributed by atoms with Crippen LogP contribution in [0.5, 0.6) is 0 Å². The van der Waals surface area contributed by atoms with Gasteiger partial charge in [-0.1, -0.05) is 0 Å². The second kappa shape index (κ2) is 5.78. The molecule has 0 amide bonds. The first-order valence-electron chi connectivity index (χ1n) is 7.12. The van der Waals surface area contributed by atoms with Crippen molar-refractivity contribution in [2.24, 2.45) is 0 Å². The van der Waals surface area contributed by atoms with Gasteiger partial charge in [0.05, 0.1) is 19.2 Å². The van der Waals surface area contributed by atoms with Crippen LogP contribution in [0.4, 0.5) is 4.39 Å². The molecule has 4 rings (SSSR count). The fourth-order valence-corrected chi connectivity index (χ4v) is 2.91. The van der Waals surface area contributed by atoms with E-state index in [9.17, 15) is 9.50 Å². The topological polar surface area (TPSA) is 106 Å². The minimum absolute atomic E-state index is 0.0568. The number of rotatable bonds is 3. The minimum atomic E-state index is -1.72. The van der Waals surface area contributed by atoms with Crippen molar-refractivity contribution >= 4 is 22.8 Å². The van der Waals surface area contributed by atoms with Crippen LogP contribution in [0.1, 0.15) is 6.23 Å². The number of imidazole rings is 1. The molecule has 1 aliphatic rings. The summed E-state index contributed by atoms with van der Waals surface area (Å²) < 4.78 is 26.0. The lowest BCUT2D eigenvalue weighted by atomic mass is 10.1. The van der Waals surface area contributed by atoms with Crippen LogP contribution in [0.3, 0.4) is 0 Å². The number of ether oxygens (including phenoxy) is 1. The van der Waals surface area contributed by atoms with Gasteiger partial charge in [-0.3, -0.25) is 4.57 Å². The lowest BCUT2D eigenvalue weighted by Crippen LogP contribution is -2.29. The monoisotopic (exact) mass is 354 g/mol. The molecule has 1 fully saturated rings. The first-order chi connectivity index (χ1) is 11.6. The quantitative estimate of drug-likeness (QED) is 0.683. The second-order valence-electron chi connectivity index (χ2n) is 5.33. The number of alkyl halides is 1. The van der Waals surface area contributed by atoms with Crippen LogP contribution in [0, 0.1) is 0 Å². The number of fused-ring (bicyclic) bond motifs is 1. The lowest BCUT2D eigenvalue weighted by molar-refractivity contribution is -0.0495. The van der Waals surface area contributed by atoms with Gasteiger partial charge in [-0.15, -0.1) is 0 Å². The predicted molar refractivity (Wildman–Crippen MR) is 79.9 cm³/mol. The number of aromatic nitrogens is 4. The third-order valence-electron chi connectivity index (χ3n) is 3.89. The molecule has 0 aromatic carbocycles. The zero-order valence-corrected chi connectivity index (χ0v) is 12.8. The Morgan fingerprint density at radius 1 is 1.38 bits per heavy atom. The Kier molecular flexibility index (Phi) is 3.72. The normalized spacial score (nSPS) is 27.2. The molecular formula is C14H12ClFN4O4. The van der Waals surface area contributed by atoms with Gasteiger partial charge in [0.25, 0.3) is 0 Å². The van der Waals surface area contributed by atoms with E-state index in [1.54, 1.807) is 12.1 Å². The van der Waals surface area contributed by atoms with Gasteiger partial charge < -0.3 is 19.4 Å². The van der Waals surface area contributed by atoms with Crippen molar-refractivity contribution in [1.82, 2.24) is 19.5 Å². The highest BCUT2D eigenvalue weighted by molar-refractivity contribution is 6.28. The Hall–Kier alpha value is -2.07. The van der Waals surface area contributed by atoms with Crippen LogP contribution < -0.4 is 0 Å². The highest BCUT2D eigenvalue weighted by Crippen LogP contribution is 2.35. The SMILES string of the molecule is OC[C@H]1O[C@@H](n2cnc3c(-c4ccco4)nc(Cl)nc32)[C@@H](O)C1F. The molecule has 1 saturated heterocycles. The van der Waals surface area contributed by atoms with E-state index in [2.05, 4.69) is 15.0 Å². The van der Waals surface area contributed by atoms with Crippen molar-refractivity contribution < 1.29 is 23.8 Å². The van der Waals surface area contributed by atoms with Gasteiger partial charge in [-0.25, -0.2) is 14.4 Å². The summed E-state index contributed by atoms with van der Waals surface area (Å²) >= 11 is 5.97. The van der Waals surface area contributed by atoms with Gasteiger partial charge in [0, 0.05) is 0 Å². The Morgan fingerprint density at radius 2 is 2.21 bits per heavy atom. The molecule has 3 aromatic heterocycles. The maximum atomic E-state index is 14.0. The van der Waals surface area contributed by atoms with E-state index in [1.165, 1.54) is 17.2 Å². The number of nitrogens with zero attached hydrogens (tertiary/aromatic N) is 4. The summed E-state index contributed by atoms with van der Waals surface area (Å²) in [6.07, 6.45) is -2.57. The van der Waals surface area contributed by atoms with Gasteiger partial charge in [0.1, 0.15) is 23.4 Å². The van der Waals surface area contributed by atoms with E-state index in [4.69, 9.17) is 25.9 Å². The molecule has 0 saturated carbocycles. The maximum Gasteiger partial charge on any atom is 0.225 e. The van der Waals surface area contributed by atoms with Crippen molar-refractivity contribution in [2.45, 2.75) is 24.6 Å². The first-order valence-corrected chi connectivity index (χ1v) is 7.50. The van der Waals surface area contributed by atoms with E-state index < -0.39 is 31.2 Å². The third kappa shape index (κ3) is 2.28. The Morgan fingerprint density at radius 3 is 2.88 bits per heavy atom. The molecule has 0 radical (unpaired) electrons. The van der Waals surface area contributed by atoms with Crippen molar-refractivity contribution in [3.05, 3.63) is 30.0 Å². The van der Waals surface area contributed by atoms with E-state index in [0.717, 1.165) is 0 Å². The number of hydrogen-bond donors (Lipinski definition) is 2. The number of aliphatic hydroxyl groups excluding tert-OH is 2. The maximum absolute atomic E-state index is 14.0. The Bertz CT molecular complexity index is 871. The molecule has 3 aromatic rings. The molecule has 126 valence electrons. The zero-order valence-electron chi connectivity index (χ0n) is 12.1. The number of furan rings is 1. The van der Waals surface area contributed by atoms with Crippen molar-refractivity contribution in [3.63, 3.8) is 0 Å². The molecule has 10 heteroatoms. The average molecular weight is 355 g/mol. The molecule has 24 heavy (non-hydrogen) atoms. The fourth-order valence-electron chi connectivity index (χ4n) is 2.75. The van der Waals surface area contributed by atoms with Crippen molar-refractivity contribution in [1.29, 1.82) is 0 Å². The summed E-state index contributed by atoms with van der Waals surface area (Å²) in [7, 11) is 0. The molecule has 1 unspecified atom stereocenters. The second-order valence-corrected chi connectivity index (χ2v) is 5.66. The summed E-state index contributed by atoms with van der Waals surface area (Å²) in [6.45, 7) is -0.547. The highest BCUT2D eigenvalue weighted by atomic mass is 35.5. The molecule has 0 spiro atoms. The van der Waals surface area contributed by atoms with Crippen molar-refractivity contribution in [3.8, 4) is 11.5 Å².